The van der Waals surface area contributed by atoms with Crippen molar-refractivity contribution in [1.29, 1.82) is 0 Å². The summed E-state index contributed by atoms with van der Waals surface area (Å²) in [6, 6.07) is 3.65. The number of hydrazine groups is 1. The fraction of sp³-hybridized carbons (Fsp3) is 0.364. The zero-order chi connectivity index (χ0) is 11.0. The first-order chi connectivity index (χ1) is 7.15. The molecule has 1 fully saturated rings. The molecule has 15 heavy (non-hydrogen) atoms. The molecular weight excluding hydrogens is 190 g/mol. The van der Waals surface area contributed by atoms with Crippen molar-refractivity contribution < 1.29 is 4.79 Å². The van der Waals surface area contributed by atoms with Crippen molar-refractivity contribution in [3.63, 3.8) is 0 Å². The molecule has 2 rings (SSSR count). The Morgan fingerprint density at radius 3 is 2.60 bits per heavy atom. The Morgan fingerprint density at radius 2 is 2.13 bits per heavy atom. The highest BCUT2D eigenvalue weighted by atomic mass is 16.1. The minimum atomic E-state index is -0.381. The van der Waals surface area contributed by atoms with Crippen molar-refractivity contribution in [3.8, 4) is 0 Å². The standard InChI is InChI=1S/C11H15N3O/c1-6-2-5-8(11(12)15)9(7-3-4-7)10(6)14-13/h2,5,7,14H,3-4,13H2,1H3,(H2,12,15). The highest BCUT2D eigenvalue weighted by Crippen LogP contribution is 2.45. The van der Waals surface area contributed by atoms with E-state index in [1.807, 2.05) is 13.0 Å². The molecule has 0 aromatic heterocycles. The maximum absolute atomic E-state index is 11.3. The summed E-state index contributed by atoms with van der Waals surface area (Å²) in [5.41, 5.74) is 11.5. The number of hydrogen-bond donors (Lipinski definition) is 3. The van der Waals surface area contributed by atoms with E-state index in [0.717, 1.165) is 29.7 Å². The van der Waals surface area contributed by atoms with Gasteiger partial charge in [-0.2, -0.15) is 0 Å². The van der Waals surface area contributed by atoms with Gasteiger partial charge in [0.25, 0.3) is 0 Å². The van der Waals surface area contributed by atoms with Crippen LogP contribution in [0.15, 0.2) is 12.1 Å². The van der Waals surface area contributed by atoms with Crippen molar-refractivity contribution in [3.05, 3.63) is 28.8 Å². The van der Waals surface area contributed by atoms with Crippen molar-refractivity contribution >= 4 is 11.6 Å². The first-order valence-electron chi connectivity index (χ1n) is 5.05. The Hall–Kier alpha value is -1.55. The topological polar surface area (TPSA) is 81.1 Å². The average Bonchev–Trinajstić information content (AvgIpc) is 2.99. The highest BCUT2D eigenvalue weighted by Gasteiger charge is 2.30. The fourth-order valence-corrected chi connectivity index (χ4v) is 1.93. The maximum Gasteiger partial charge on any atom is 0.249 e. The molecule has 4 heteroatoms. The molecule has 5 N–H and O–H groups in total. The zero-order valence-corrected chi connectivity index (χ0v) is 8.71. The molecule has 0 aliphatic heterocycles. The number of nitrogen functional groups attached to an aromatic ring is 1. The quantitative estimate of drug-likeness (QED) is 0.513. The van der Waals surface area contributed by atoms with Gasteiger partial charge in [0.15, 0.2) is 0 Å². The van der Waals surface area contributed by atoms with E-state index in [1.54, 1.807) is 6.07 Å². The first-order valence-corrected chi connectivity index (χ1v) is 5.05. The molecular formula is C11H15N3O. The van der Waals surface area contributed by atoms with Crippen LogP contribution >= 0.6 is 0 Å². The molecule has 1 saturated carbocycles. The van der Waals surface area contributed by atoms with Crippen LogP contribution in [0.5, 0.6) is 0 Å². The number of carbonyl (C=O) groups excluding carboxylic acids is 1. The Kier molecular flexibility index (Phi) is 2.36. The van der Waals surface area contributed by atoms with Gasteiger partial charge in [-0.05, 0) is 42.9 Å². The summed E-state index contributed by atoms with van der Waals surface area (Å²) in [4.78, 5) is 11.3. The number of anilines is 1. The lowest BCUT2D eigenvalue weighted by Crippen LogP contribution is -2.17. The third kappa shape index (κ3) is 1.68. The van der Waals surface area contributed by atoms with Crippen molar-refractivity contribution in [2.24, 2.45) is 11.6 Å². The monoisotopic (exact) mass is 205 g/mol. The van der Waals surface area contributed by atoms with Gasteiger partial charge >= 0.3 is 0 Å². The number of nitrogens with one attached hydrogen (secondary N) is 1. The van der Waals surface area contributed by atoms with Crippen LogP contribution in [0, 0.1) is 6.92 Å². The van der Waals surface area contributed by atoms with Crippen LogP contribution in [0.1, 0.15) is 40.2 Å². The van der Waals surface area contributed by atoms with Gasteiger partial charge in [0.2, 0.25) is 5.91 Å². The number of amides is 1. The smallest absolute Gasteiger partial charge is 0.249 e. The van der Waals surface area contributed by atoms with Gasteiger partial charge in [0, 0.05) is 5.56 Å². The Morgan fingerprint density at radius 1 is 1.47 bits per heavy atom. The highest BCUT2D eigenvalue weighted by molar-refractivity contribution is 5.96. The number of benzene rings is 1. The van der Waals surface area contributed by atoms with Gasteiger partial charge in [0.05, 0.1) is 5.69 Å². The second-order valence-corrected chi connectivity index (χ2v) is 4.00. The van der Waals surface area contributed by atoms with Gasteiger partial charge < -0.3 is 11.2 Å². The first kappa shape index (κ1) is 9.98. The number of carbonyl (C=O) groups is 1. The lowest BCUT2D eigenvalue weighted by Gasteiger charge is -2.14. The number of rotatable bonds is 3. The SMILES string of the molecule is Cc1ccc(C(N)=O)c(C2CC2)c1NN. The molecule has 1 aromatic carbocycles. The van der Waals surface area contributed by atoms with Crippen molar-refractivity contribution in [2.75, 3.05) is 5.43 Å². The number of primary amides is 1. The summed E-state index contributed by atoms with van der Waals surface area (Å²) in [7, 11) is 0. The Labute approximate surface area is 88.6 Å². The fourth-order valence-electron chi connectivity index (χ4n) is 1.93. The number of hydrogen-bond acceptors (Lipinski definition) is 3. The van der Waals surface area contributed by atoms with Gasteiger partial charge in [-0.1, -0.05) is 6.07 Å². The summed E-state index contributed by atoms with van der Waals surface area (Å²) in [6.07, 6.45) is 2.22. The molecule has 1 aromatic rings. The third-order valence-electron chi connectivity index (χ3n) is 2.85. The molecule has 80 valence electrons. The molecule has 1 aliphatic carbocycles. The largest absolute Gasteiger partial charge is 0.366 e. The number of nitrogens with two attached hydrogens (primary N) is 2. The molecule has 1 aliphatic rings. The van der Waals surface area contributed by atoms with Crippen LogP contribution in [-0.2, 0) is 0 Å². The van der Waals surface area contributed by atoms with E-state index in [9.17, 15) is 4.79 Å². The van der Waals surface area contributed by atoms with E-state index in [2.05, 4.69) is 5.43 Å². The van der Waals surface area contributed by atoms with Crippen LogP contribution < -0.4 is 17.0 Å². The summed E-state index contributed by atoms with van der Waals surface area (Å²) in [5.74, 6) is 5.55. The van der Waals surface area contributed by atoms with E-state index in [4.69, 9.17) is 11.6 Å². The summed E-state index contributed by atoms with van der Waals surface area (Å²) >= 11 is 0. The molecule has 0 radical (unpaired) electrons. The lowest BCUT2D eigenvalue weighted by atomic mass is 9.97. The number of aryl methyl sites for hydroxylation is 1. The predicted octanol–water partition coefficient (Wildman–Crippen LogP) is 1.26. The van der Waals surface area contributed by atoms with Gasteiger partial charge in [-0.25, -0.2) is 0 Å². The van der Waals surface area contributed by atoms with E-state index in [-0.39, 0.29) is 5.91 Å². The normalized spacial score (nSPS) is 15.1. The molecule has 0 saturated heterocycles. The van der Waals surface area contributed by atoms with E-state index < -0.39 is 0 Å². The van der Waals surface area contributed by atoms with E-state index in [0.29, 0.717) is 11.5 Å². The lowest BCUT2D eigenvalue weighted by molar-refractivity contribution is 0.0999. The summed E-state index contributed by atoms with van der Waals surface area (Å²) < 4.78 is 0. The molecule has 4 nitrogen and oxygen atoms in total. The second kappa shape index (κ2) is 3.55. The van der Waals surface area contributed by atoms with Crippen LogP contribution in [-0.4, -0.2) is 5.91 Å². The Bertz CT molecular complexity index is 411. The van der Waals surface area contributed by atoms with Crippen LogP contribution in [0.25, 0.3) is 0 Å². The molecule has 0 spiro atoms. The van der Waals surface area contributed by atoms with Crippen LogP contribution in [0.2, 0.25) is 0 Å². The third-order valence-corrected chi connectivity index (χ3v) is 2.85. The van der Waals surface area contributed by atoms with Gasteiger partial charge in [0.1, 0.15) is 0 Å². The van der Waals surface area contributed by atoms with Crippen molar-refractivity contribution in [2.45, 2.75) is 25.7 Å². The zero-order valence-electron chi connectivity index (χ0n) is 8.71. The van der Waals surface area contributed by atoms with Gasteiger partial charge in [-0.3, -0.25) is 10.6 Å². The van der Waals surface area contributed by atoms with Crippen LogP contribution in [0.3, 0.4) is 0 Å². The van der Waals surface area contributed by atoms with Gasteiger partial charge in [-0.15, -0.1) is 0 Å². The molecule has 0 heterocycles. The molecule has 0 bridgehead atoms. The summed E-state index contributed by atoms with van der Waals surface area (Å²) in [5, 5.41) is 0. The molecule has 0 atom stereocenters. The predicted molar refractivity (Wildman–Crippen MR) is 59.5 cm³/mol. The molecule has 0 unspecified atom stereocenters. The van der Waals surface area contributed by atoms with Crippen molar-refractivity contribution in [1.82, 2.24) is 0 Å². The average molecular weight is 205 g/mol. The van der Waals surface area contributed by atoms with E-state index in [1.165, 1.54) is 0 Å². The van der Waals surface area contributed by atoms with Crippen LogP contribution in [0.4, 0.5) is 5.69 Å². The van der Waals surface area contributed by atoms with E-state index >= 15 is 0 Å². The minimum absolute atomic E-state index is 0.381. The Balaban J connectivity index is 2.60. The minimum Gasteiger partial charge on any atom is -0.366 e. The maximum atomic E-state index is 11.3. The summed E-state index contributed by atoms with van der Waals surface area (Å²) in [6.45, 7) is 1.96. The second-order valence-electron chi connectivity index (χ2n) is 4.00. The molecule has 1 amide bonds.